The summed E-state index contributed by atoms with van der Waals surface area (Å²) in [5.74, 6) is 5.51. The molecule has 96 valence electrons. The Morgan fingerprint density at radius 2 is 2.06 bits per heavy atom. The maximum absolute atomic E-state index is 11.5. The van der Waals surface area contributed by atoms with E-state index in [1.54, 1.807) is 36.8 Å². The number of rotatable bonds is 4. The maximum atomic E-state index is 11.5. The van der Waals surface area contributed by atoms with E-state index in [1.165, 1.54) is 6.26 Å². The van der Waals surface area contributed by atoms with Gasteiger partial charge in [-0.2, -0.15) is 0 Å². The Bertz CT molecular complexity index is 621. The van der Waals surface area contributed by atoms with Crippen LogP contribution in [0.2, 0.25) is 0 Å². The lowest BCUT2D eigenvalue weighted by molar-refractivity contribution is 0.553. The third-order valence-electron chi connectivity index (χ3n) is 2.66. The van der Waals surface area contributed by atoms with Crippen molar-refractivity contribution >= 4 is 9.84 Å². The normalized spacial score (nSPS) is 13.4. The summed E-state index contributed by atoms with van der Waals surface area (Å²) in [5.41, 5.74) is 4.25. The fourth-order valence-corrected chi connectivity index (χ4v) is 2.42. The summed E-state index contributed by atoms with van der Waals surface area (Å²) < 4.78 is 28.0. The molecule has 0 fully saturated rings. The van der Waals surface area contributed by atoms with Crippen LogP contribution in [0.5, 0.6) is 0 Å². The number of furan rings is 1. The van der Waals surface area contributed by atoms with E-state index in [4.69, 9.17) is 10.3 Å². The van der Waals surface area contributed by atoms with Crippen LogP contribution in [0.25, 0.3) is 0 Å². The molecule has 1 unspecified atom stereocenters. The molecule has 1 aromatic heterocycles. The first-order valence-corrected chi connectivity index (χ1v) is 7.20. The molecule has 2 rings (SSSR count). The van der Waals surface area contributed by atoms with E-state index in [0.717, 1.165) is 11.1 Å². The average Bonchev–Trinajstić information content (AvgIpc) is 2.83. The number of hydrogen-bond acceptors (Lipinski definition) is 5. The van der Waals surface area contributed by atoms with E-state index in [9.17, 15) is 8.42 Å². The molecule has 0 spiro atoms. The third-order valence-corrected chi connectivity index (χ3v) is 3.77. The molecular formula is C12H14N2O3S. The highest BCUT2D eigenvalue weighted by atomic mass is 32.2. The lowest BCUT2D eigenvalue weighted by Gasteiger charge is -2.15. The van der Waals surface area contributed by atoms with Crippen molar-refractivity contribution in [3.8, 4) is 0 Å². The largest absolute Gasteiger partial charge is 0.472 e. The molecule has 0 bridgehead atoms. The molecule has 2 aromatic rings. The molecule has 1 atom stereocenters. The Kier molecular flexibility index (Phi) is 3.51. The zero-order valence-electron chi connectivity index (χ0n) is 9.83. The van der Waals surface area contributed by atoms with E-state index in [1.807, 2.05) is 6.07 Å². The van der Waals surface area contributed by atoms with Gasteiger partial charge in [-0.25, -0.2) is 13.8 Å². The first-order valence-electron chi connectivity index (χ1n) is 5.30. The van der Waals surface area contributed by atoms with Gasteiger partial charge in [-0.3, -0.25) is 5.84 Å². The molecule has 0 amide bonds. The van der Waals surface area contributed by atoms with Gasteiger partial charge < -0.3 is 4.42 Å². The van der Waals surface area contributed by atoms with Crippen LogP contribution in [0.1, 0.15) is 17.2 Å². The van der Waals surface area contributed by atoms with Crippen molar-refractivity contribution in [2.75, 3.05) is 6.26 Å². The molecule has 0 saturated carbocycles. The number of nitrogens with two attached hydrogens (primary N) is 1. The van der Waals surface area contributed by atoms with Crippen LogP contribution in [0.15, 0.2) is 52.2 Å². The van der Waals surface area contributed by atoms with Crippen molar-refractivity contribution in [3.63, 3.8) is 0 Å². The van der Waals surface area contributed by atoms with E-state index in [0.29, 0.717) is 0 Å². The fourth-order valence-electron chi connectivity index (χ4n) is 1.75. The van der Waals surface area contributed by atoms with Crippen LogP contribution in [0, 0.1) is 0 Å². The second kappa shape index (κ2) is 4.93. The Morgan fingerprint density at radius 3 is 2.61 bits per heavy atom. The van der Waals surface area contributed by atoms with Gasteiger partial charge in [0.05, 0.1) is 23.5 Å². The van der Waals surface area contributed by atoms with Crippen LogP contribution in [0.3, 0.4) is 0 Å². The van der Waals surface area contributed by atoms with E-state index in [-0.39, 0.29) is 10.9 Å². The summed E-state index contributed by atoms with van der Waals surface area (Å²) in [5, 5.41) is 0. The predicted molar refractivity (Wildman–Crippen MR) is 67.4 cm³/mol. The fraction of sp³-hybridized carbons (Fsp3) is 0.167. The number of hydrazine groups is 1. The van der Waals surface area contributed by atoms with Gasteiger partial charge in [0.15, 0.2) is 9.84 Å². The zero-order chi connectivity index (χ0) is 13.2. The maximum Gasteiger partial charge on any atom is 0.175 e. The average molecular weight is 266 g/mol. The predicted octanol–water partition coefficient (Wildman–Crippen LogP) is 1.24. The van der Waals surface area contributed by atoms with Crippen LogP contribution >= 0.6 is 0 Å². The van der Waals surface area contributed by atoms with Gasteiger partial charge in [0.25, 0.3) is 0 Å². The summed E-state index contributed by atoms with van der Waals surface area (Å²) in [6.07, 6.45) is 4.28. The van der Waals surface area contributed by atoms with Crippen LogP contribution < -0.4 is 11.3 Å². The molecule has 1 aromatic carbocycles. The molecule has 18 heavy (non-hydrogen) atoms. The lowest BCUT2D eigenvalue weighted by atomic mass is 10.0. The van der Waals surface area contributed by atoms with Gasteiger partial charge >= 0.3 is 0 Å². The summed E-state index contributed by atoms with van der Waals surface area (Å²) in [6, 6.07) is 8.14. The quantitative estimate of drug-likeness (QED) is 0.642. The number of hydrogen-bond donors (Lipinski definition) is 2. The van der Waals surface area contributed by atoms with Gasteiger partial charge in [-0.15, -0.1) is 0 Å². The van der Waals surface area contributed by atoms with Crippen molar-refractivity contribution in [3.05, 3.63) is 54.0 Å². The first kappa shape index (κ1) is 12.8. The molecule has 0 saturated heterocycles. The molecule has 1 heterocycles. The Hall–Kier alpha value is -1.63. The molecular weight excluding hydrogens is 252 g/mol. The van der Waals surface area contributed by atoms with E-state index in [2.05, 4.69) is 5.43 Å². The van der Waals surface area contributed by atoms with E-state index >= 15 is 0 Å². The Morgan fingerprint density at radius 1 is 1.28 bits per heavy atom. The molecule has 0 aliphatic carbocycles. The van der Waals surface area contributed by atoms with Gasteiger partial charge in [0.1, 0.15) is 0 Å². The summed E-state index contributed by atoms with van der Waals surface area (Å²) in [4.78, 5) is 0.267. The van der Waals surface area contributed by atoms with Crippen molar-refractivity contribution in [2.45, 2.75) is 10.9 Å². The van der Waals surface area contributed by atoms with Crippen LogP contribution in [0.4, 0.5) is 0 Å². The third kappa shape index (κ3) is 2.61. The molecule has 6 heteroatoms. The minimum Gasteiger partial charge on any atom is -0.472 e. The first-order chi connectivity index (χ1) is 8.52. The van der Waals surface area contributed by atoms with Gasteiger partial charge in [0, 0.05) is 11.8 Å². The van der Waals surface area contributed by atoms with Gasteiger partial charge in [-0.05, 0) is 23.8 Å². The summed E-state index contributed by atoms with van der Waals surface area (Å²) >= 11 is 0. The highest BCUT2D eigenvalue weighted by Crippen LogP contribution is 2.23. The lowest BCUT2D eigenvalue weighted by Crippen LogP contribution is -2.28. The highest BCUT2D eigenvalue weighted by molar-refractivity contribution is 7.90. The van der Waals surface area contributed by atoms with Crippen LogP contribution in [-0.4, -0.2) is 14.7 Å². The summed E-state index contributed by atoms with van der Waals surface area (Å²) in [6.45, 7) is 0. The van der Waals surface area contributed by atoms with Crippen LogP contribution in [-0.2, 0) is 9.84 Å². The standard InChI is InChI=1S/C12H14N2O3S/c1-18(15,16)11-4-2-3-9(7-11)12(14-13)10-5-6-17-8-10/h2-8,12,14H,13H2,1H3. The SMILES string of the molecule is CS(=O)(=O)c1cccc(C(NN)c2ccoc2)c1. The molecule has 0 aliphatic heterocycles. The molecule has 3 N–H and O–H groups in total. The van der Waals surface area contributed by atoms with Crippen molar-refractivity contribution < 1.29 is 12.8 Å². The Labute approximate surface area is 105 Å². The van der Waals surface area contributed by atoms with Crippen molar-refractivity contribution in [1.82, 2.24) is 5.43 Å². The number of benzene rings is 1. The van der Waals surface area contributed by atoms with Gasteiger partial charge in [-0.1, -0.05) is 12.1 Å². The number of nitrogens with one attached hydrogen (secondary N) is 1. The molecule has 0 aliphatic rings. The minimum absolute atomic E-state index is 0.267. The Balaban J connectivity index is 2.44. The van der Waals surface area contributed by atoms with Crippen molar-refractivity contribution in [1.29, 1.82) is 0 Å². The molecule has 0 radical (unpaired) electrons. The minimum atomic E-state index is -3.23. The van der Waals surface area contributed by atoms with Crippen molar-refractivity contribution in [2.24, 2.45) is 5.84 Å². The number of sulfone groups is 1. The smallest absolute Gasteiger partial charge is 0.175 e. The van der Waals surface area contributed by atoms with E-state index < -0.39 is 9.84 Å². The monoisotopic (exact) mass is 266 g/mol. The second-order valence-electron chi connectivity index (χ2n) is 4.00. The molecule has 5 nitrogen and oxygen atoms in total. The second-order valence-corrected chi connectivity index (χ2v) is 6.02. The zero-order valence-corrected chi connectivity index (χ0v) is 10.6. The van der Waals surface area contributed by atoms with Gasteiger partial charge in [0.2, 0.25) is 0 Å². The summed E-state index contributed by atoms with van der Waals surface area (Å²) in [7, 11) is -3.23. The topological polar surface area (TPSA) is 85.3 Å². The highest BCUT2D eigenvalue weighted by Gasteiger charge is 2.16.